The Labute approximate surface area is 114 Å². The predicted molar refractivity (Wildman–Crippen MR) is 73.2 cm³/mol. The number of halogens is 1. The maximum absolute atomic E-state index is 12.2. The van der Waals surface area contributed by atoms with Gasteiger partial charge in [0.25, 0.3) is 11.6 Å². The number of hydrogen-bond acceptors (Lipinski definition) is 3. The molecule has 1 aromatic carbocycles. The topological polar surface area (TPSA) is 63.5 Å². The van der Waals surface area contributed by atoms with Crippen molar-refractivity contribution in [2.75, 3.05) is 12.4 Å². The molecular formula is C12H15BrN2O3. The molecule has 18 heavy (non-hydrogen) atoms. The van der Waals surface area contributed by atoms with Crippen LogP contribution in [0, 0.1) is 17.0 Å². The molecule has 0 aliphatic heterocycles. The van der Waals surface area contributed by atoms with Gasteiger partial charge in [0.2, 0.25) is 0 Å². The van der Waals surface area contributed by atoms with E-state index in [4.69, 9.17) is 0 Å². The average Bonchev–Trinajstić information content (AvgIpc) is 2.35. The molecule has 0 N–H and O–H groups in total. The van der Waals surface area contributed by atoms with E-state index >= 15 is 0 Å². The first-order valence-electron chi connectivity index (χ1n) is 5.46. The number of amides is 1. The van der Waals surface area contributed by atoms with Crippen molar-refractivity contribution in [1.82, 2.24) is 4.90 Å². The number of nitro benzene ring substituents is 1. The van der Waals surface area contributed by atoms with Crippen molar-refractivity contribution >= 4 is 27.5 Å². The van der Waals surface area contributed by atoms with Gasteiger partial charge in [-0.1, -0.05) is 15.9 Å². The van der Waals surface area contributed by atoms with Crippen LogP contribution in [0.4, 0.5) is 5.69 Å². The minimum absolute atomic E-state index is 0.0251. The van der Waals surface area contributed by atoms with Crippen LogP contribution in [0.25, 0.3) is 0 Å². The summed E-state index contributed by atoms with van der Waals surface area (Å²) in [4.78, 5) is 24.0. The number of aryl methyl sites for hydroxylation is 1. The monoisotopic (exact) mass is 314 g/mol. The Morgan fingerprint density at radius 2 is 2.11 bits per heavy atom. The van der Waals surface area contributed by atoms with E-state index < -0.39 is 4.92 Å². The highest BCUT2D eigenvalue weighted by Crippen LogP contribution is 2.18. The number of carbonyl (C=O) groups excluding carboxylic acids is 1. The number of nitro groups is 1. The largest absolute Gasteiger partial charge is 0.338 e. The molecule has 0 saturated heterocycles. The van der Waals surface area contributed by atoms with Crippen LogP contribution >= 0.6 is 15.9 Å². The molecule has 0 heterocycles. The van der Waals surface area contributed by atoms with Gasteiger partial charge >= 0.3 is 0 Å². The molecule has 0 saturated carbocycles. The second-order valence-corrected chi connectivity index (χ2v) is 4.88. The smallest absolute Gasteiger partial charge is 0.270 e. The van der Waals surface area contributed by atoms with Gasteiger partial charge in [-0.2, -0.15) is 0 Å². The number of nitrogens with zero attached hydrogens (tertiary/aromatic N) is 2. The Hall–Kier alpha value is -1.43. The summed E-state index contributed by atoms with van der Waals surface area (Å²) in [6.45, 7) is 3.63. The molecule has 1 atom stereocenters. The summed E-state index contributed by atoms with van der Waals surface area (Å²) in [7, 11) is 1.68. The number of non-ortho nitro benzene ring substituents is 1. The normalized spacial score (nSPS) is 12.0. The molecule has 0 radical (unpaired) electrons. The molecule has 1 rings (SSSR count). The summed E-state index contributed by atoms with van der Waals surface area (Å²) in [6.07, 6.45) is 0. The van der Waals surface area contributed by atoms with E-state index in [9.17, 15) is 14.9 Å². The molecule has 1 unspecified atom stereocenters. The van der Waals surface area contributed by atoms with Gasteiger partial charge < -0.3 is 4.90 Å². The molecule has 1 amide bonds. The van der Waals surface area contributed by atoms with Crippen LogP contribution in [0.5, 0.6) is 0 Å². The van der Waals surface area contributed by atoms with Crippen LogP contribution < -0.4 is 0 Å². The third-order valence-electron chi connectivity index (χ3n) is 2.72. The average molecular weight is 315 g/mol. The van der Waals surface area contributed by atoms with E-state index in [0.29, 0.717) is 16.5 Å². The van der Waals surface area contributed by atoms with Crippen LogP contribution in [-0.2, 0) is 0 Å². The second kappa shape index (κ2) is 5.95. The van der Waals surface area contributed by atoms with E-state index in [2.05, 4.69) is 15.9 Å². The first-order chi connectivity index (χ1) is 8.36. The maximum atomic E-state index is 12.2. The Kier molecular flexibility index (Phi) is 4.84. The van der Waals surface area contributed by atoms with Gasteiger partial charge in [0.1, 0.15) is 0 Å². The van der Waals surface area contributed by atoms with Gasteiger partial charge in [0.15, 0.2) is 0 Å². The van der Waals surface area contributed by atoms with Crippen molar-refractivity contribution in [3.63, 3.8) is 0 Å². The lowest BCUT2D eigenvalue weighted by atomic mass is 10.1. The Morgan fingerprint density at radius 3 is 2.61 bits per heavy atom. The molecule has 6 heteroatoms. The summed E-state index contributed by atoms with van der Waals surface area (Å²) in [6, 6.07) is 4.45. The van der Waals surface area contributed by atoms with Crippen LogP contribution in [-0.4, -0.2) is 34.2 Å². The van der Waals surface area contributed by atoms with Crippen molar-refractivity contribution < 1.29 is 9.72 Å². The number of hydrogen-bond donors (Lipinski definition) is 0. The lowest BCUT2D eigenvalue weighted by molar-refractivity contribution is -0.384. The Morgan fingerprint density at radius 1 is 1.50 bits per heavy atom. The zero-order valence-corrected chi connectivity index (χ0v) is 12.1. The second-order valence-electron chi connectivity index (χ2n) is 4.23. The standard InChI is InChI=1S/C12H15BrN2O3/c1-8-4-10(6-11(5-8)15(17)18)12(16)14(3)9(2)7-13/h4-6,9H,7H2,1-3H3. The Bertz CT molecular complexity index is 476. The first-order valence-corrected chi connectivity index (χ1v) is 6.58. The lowest BCUT2D eigenvalue weighted by Crippen LogP contribution is -2.36. The van der Waals surface area contributed by atoms with Crippen LogP contribution in [0.3, 0.4) is 0 Å². The highest BCUT2D eigenvalue weighted by atomic mass is 79.9. The summed E-state index contributed by atoms with van der Waals surface area (Å²) in [5.74, 6) is -0.214. The number of rotatable bonds is 4. The van der Waals surface area contributed by atoms with Crippen molar-refractivity contribution in [1.29, 1.82) is 0 Å². The fourth-order valence-corrected chi connectivity index (χ4v) is 1.93. The molecule has 0 spiro atoms. The molecule has 1 aromatic rings. The van der Waals surface area contributed by atoms with Gasteiger partial charge in [-0.25, -0.2) is 0 Å². The van der Waals surface area contributed by atoms with Crippen LogP contribution in [0.15, 0.2) is 18.2 Å². The quantitative estimate of drug-likeness (QED) is 0.487. The fourth-order valence-electron chi connectivity index (χ4n) is 1.50. The zero-order valence-electron chi connectivity index (χ0n) is 10.5. The van der Waals surface area contributed by atoms with Crippen molar-refractivity contribution in [2.45, 2.75) is 19.9 Å². The first kappa shape index (κ1) is 14.6. The van der Waals surface area contributed by atoms with Crippen molar-refractivity contribution in [2.24, 2.45) is 0 Å². The van der Waals surface area contributed by atoms with Gasteiger partial charge in [0, 0.05) is 36.1 Å². The number of alkyl halides is 1. The van der Waals surface area contributed by atoms with Gasteiger partial charge in [-0.05, 0) is 25.5 Å². The van der Waals surface area contributed by atoms with E-state index in [1.165, 1.54) is 12.1 Å². The minimum atomic E-state index is -0.488. The molecule has 0 aliphatic rings. The third-order valence-corrected chi connectivity index (χ3v) is 3.66. The molecule has 0 aromatic heterocycles. The molecule has 0 aliphatic carbocycles. The maximum Gasteiger partial charge on any atom is 0.270 e. The SMILES string of the molecule is Cc1cc(C(=O)N(C)C(C)CBr)cc([N+](=O)[O-])c1. The van der Waals surface area contributed by atoms with Crippen molar-refractivity contribution in [3.8, 4) is 0 Å². The summed E-state index contributed by atoms with van der Waals surface area (Å²) < 4.78 is 0. The van der Waals surface area contributed by atoms with Crippen molar-refractivity contribution in [3.05, 3.63) is 39.4 Å². The predicted octanol–water partition coefficient (Wildman–Crippen LogP) is 2.76. The summed E-state index contributed by atoms with van der Waals surface area (Å²) in [5, 5.41) is 11.4. The van der Waals surface area contributed by atoms with E-state index in [1.807, 2.05) is 6.92 Å². The Balaban J connectivity index is 3.09. The van der Waals surface area contributed by atoms with E-state index in [1.54, 1.807) is 24.9 Å². The minimum Gasteiger partial charge on any atom is -0.338 e. The van der Waals surface area contributed by atoms with E-state index in [0.717, 1.165) is 0 Å². The lowest BCUT2D eigenvalue weighted by Gasteiger charge is -2.23. The zero-order chi connectivity index (χ0) is 13.9. The highest BCUT2D eigenvalue weighted by Gasteiger charge is 2.19. The molecule has 98 valence electrons. The van der Waals surface area contributed by atoms with Crippen LogP contribution in [0.2, 0.25) is 0 Å². The summed E-state index contributed by atoms with van der Waals surface area (Å²) >= 11 is 3.31. The van der Waals surface area contributed by atoms with Crippen LogP contribution in [0.1, 0.15) is 22.8 Å². The van der Waals surface area contributed by atoms with Gasteiger partial charge in [-0.3, -0.25) is 14.9 Å². The molecule has 5 nitrogen and oxygen atoms in total. The van der Waals surface area contributed by atoms with Gasteiger partial charge in [-0.15, -0.1) is 0 Å². The molecular weight excluding hydrogens is 300 g/mol. The third kappa shape index (κ3) is 3.29. The summed E-state index contributed by atoms with van der Waals surface area (Å²) in [5.41, 5.74) is 0.989. The molecule has 0 fully saturated rings. The molecule has 0 bridgehead atoms. The number of carbonyl (C=O) groups is 1. The number of benzene rings is 1. The fraction of sp³-hybridized carbons (Fsp3) is 0.417. The van der Waals surface area contributed by atoms with Gasteiger partial charge in [0.05, 0.1) is 4.92 Å². The highest BCUT2D eigenvalue weighted by molar-refractivity contribution is 9.09. The van der Waals surface area contributed by atoms with E-state index in [-0.39, 0.29) is 17.6 Å².